The zero-order valence-corrected chi connectivity index (χ0v) is 22.2. The van der Waals surface area contributed by atoms with Gasteiger partial charge in [0.1, 0.15) is 11.6 Å². The smallest absolute Gasteiger partial charge is 0.455 e. The van der Waals surface area contributed by atoms with E-state index in [4.69, 9.17) is 24.3 Å². The lowest BCUT2D eigenvalue weighted by molar-refractivity contribution is -0.145. The van der Waals surface area contributed by atoms with Crippen molar-refractivity contribution >= 4 is 31.2 Å². The number of hydrogen-bond acceptors (Lipinski definition) is 8. The van der Waals surface area contributed by atoms with E-state index in [0.717, 1.165) is 0 Å². The van der Waals surface area contributed by atoms with E-state index in [2.05, 4.69) is 10.1 Å². The average Bonchev–Trinajstić information content (AvgIpc) is 2.87. The van der Waals surface area contributed by atoms with Crippen LogP contribution < -0.4 is 15.8 Å². The Balaban J connectivity index is 2.00. The monoisotopic (exact) mass is 533 g/mol. The van der Waals surface area contributed by atoms with Gasteiger partial charge in [0.15, 0.2) is 12.4 Å². The number of carbonyl (C=O) groups is 3. The summed E-state index contributed by atoms with van der Waals surface area (Å²) in [6.07, 6.45) is 0. The summed E-state index contributed by atoms with van der Waals surface area (Å²) in [5.74, 6) is -0.913. The Morgan fingerprint density at radius 3 is 1.97 bits per heavy atom. The largest absolute Gasteiger partial charge is 0.482 e. The standard InChI is InChI=1S/C25H32N3O8P/c1-5-33-22(29)16-34-21-14-12-18(13-15-21)23(30)17(4)27-25(31)20-10-8-19(9-11-20)24(26)28-37(32,35-6-2)36-7-3/h8-15,17H,5-7,16H2,1-4H3,(H,27,31)(H2,26,28,32). The number of rotatable bonds is 14. The quantitative estimate of drug-likeness (QED) is 0.122. The molecule has 0 aliphatic heterocycles. The Labute approximate surface area is 215 Å². The number of esters is 1. The second-order valence-corrected chi connectivity index (χ2v) is 9.20. The number of hydrogen-bond donors (Lipinski definition) is 2. The van der Waals surface area contributed by atoms with E-state index in [9.17, 15) is 18.9 Å². The van der Waals surface area contributed by atoms with Crippen molar-refractivity contribution in [2.24, 2.45) is 10.5 Å². The third kappa shape index (κ3) is 9.13. The van der Waals surface area contributed by atoms with Crippen LogP contribution in [0.15, 0.2) is 53.3 Å². The van der Waals surface area contributed by atoms with Crippen molar-refractivity contribution in [3.05, 3.63) is 65.2 Å². The molecular formula is C25H32N3O8P. The molecule has 0 saturated heterocycles. The van der Waals surface area contributed by atoms with Crippen LogP contribution in [0.3, 0.4) is 0 Å². The van der Waals surface area contributed by atoms with Crippen LogP contribution in [-0.2, 0) is 23.1 Å². The summed E-state index contributed by atoms with van der Waals surface area (Å²) in [4.78, 5) is 36.8. The van der Waals surface area contributed by atoms with Crippen LogP contribution in [0.2, 0.25) is 0 Å². The number of benzene rings is 2. The first-order valence-electron chi connectivity index (χ1n) is 11.7. The zero-order valence-electron chi connectivity index (χ0n) is 21.3. The Hall–Kier alpha value is -3.53. The SMILES string of the molecule is CCOC(=O)COc1ccc(C(=O)C(C)NC(=O)c2ccc(/C(N)=N\P(=O)(OCC)OCC)cc2)cc1. The van der Waals surface area contributed by atoms with Crippen molar-refractivity contribution in [1.82, 2.24) is 5.32 Å². The van der Waals surface area contributed by atoms with E-state index in [1.165, 1.54) is 24.3 Å². The van der Waals surface area contributed by atoms with Gasteiger partial charge in [0.2, 0.25) is 0 Å². The van der Waals surface area contributed by atoms with Gasteiger partial charge >= 0.3 is 13.7 Å². The molecule has 0 bridgehead atoms. The molecule has 0 spiro atoms. The summed E-state index contributed by atoms with van der Waals surface area (Å²) in [7, 11) is -3.73. The second kappa shape index (κ2) is 14.3. The van der Waals surface area contributed by atoms with Crippen molar-refractivity contribution in [3.63, 3.8) is 0 Å². The van der Waals surface area contributed by atoms with E-state index >= 15 is 0 Å². The molecule has 12 heteroatoms. The number of carbonyl (C=O) groups excluding carboxylic acids is 3. The maximum absolute atomic E-state index is 12.7. The van der Waals surface area contributed by atoms with Gasteiger partial charge in [-0.25, -0.2) is 9.36 Å². The molecule has 200 valence electrons. The van der Waals surface area contributed by atoms with Gasteiger partial charge in [0, 0.05) is 16.7 Å². The lowest BCUT2D eigenvalue weighted by Crippen LogP contribution is -2.38. The first-order valence-corrected chi connectivity index (χ1v) is 13.2. The fraction of sp³-hybridized carbons (Fsp3) is 0.360. The number of amidine groups is 1. The Morgan fingerprint density at radius 2 is 1.43 bits per heavy atom. The maximum atomic E-state index is 12.7. The molecule has 11 nitrogen and oxygen atoms in total. The summed E-state index contributed by atoms with van der Waals surface area (Å²) in [5, 5.41) is 2.66. The van der Waals surface area contributed by atoms with Crippen LogP contribution in [0.25, 0.3) is 0 Å². The van der Waals surface area contributed by atoms with Crippen LogP contribution in [0.5, 0.6) is 5.75 Å². The highest BCUT2D eigenvalue weighted by atomic mass is 31.2. The Kier molecular flexibility index (Phi) is 11.5. The highest BCUT2D eigenvalue weighted by Crippen LogP contribution is 2.49. The summed E-state index contributed by atoms with van der Waals surface area (Å²) in [5.41, 5.74) is 7.03. The molecule has 0 fully saturated rings. The second-order valence-electron chi connectivity index (χ2n) is 7.54. The predicted octanol–water partition coefficient (Wildman–Crippen LogP) is 3.52. The zero-order chi connectivity index (χ0) is 27.4. The minimum absolute atomic E-state index is 0.0598. The van der Waals surface area contributed by atoms with Gasteiger partial charge in [0.05, 0.1) is 25.9 Å². The minimum atomic E-state index is -3.73. The third-order valence-corrected chi connectivity index (χ3v) is 6.43. The number of ketones is 1. The van der Waals surface area contributed by atoms with Crippen molar-refractivity contribution in [1.29, 1.82) is 0 Å². The van der Waals surface area contributed by atoms with Crippen molar-refractivity contribution in [3.8, 4) is 5.75 Å². The lowest BCUT2D eigenvalue weighted by Gasteiger charge is -2.14. The van der Waals surface area contributed by atoms with Crippen molar-refractivity contribution in [2.45, 2.75) is 33.7 Å². The number of nitrogens with one attached hydrogen (secondary N) is 1. The van der Waals surface area contributed by atoms with Crippen LogP contribution in [-0.4, -0.2) is 56.0 Å². The van der Waals surface area contributed by atoms with Gasteiger partial charge in [-0.05, 0) is 64.1 Å². The molecule has 0 radical (unpaired) electrons. The summed E-state index contributed by atoms with van der Waals surface area (Å²) < 4.78 is 36.8. The molecule has 2 rings (SSSR count). The van der Waals surface area contributed by atoms with Gasteiger partial charge < -0.3 is 20.5 Å². The third-order valence-electron chi connectivity index (χ3n) is 4.80. The van der Waals surface area contributed by atoms with Gasteiger partial charge in [-0.1, -0.05) is 12.1 Å². The first-order chi connectivity index (χ1) is 17.6. The van der Waals surface area contributed by atoms with Crippen molar-refractivity contribution < 1.29 is 37.5 Å². The molecule has 37 heavy (non-hydrogen) atoms. The van der Waals surface area contributed by atoms with Crippen molar-refractivity contribution in [2.75, 3.05) is 26.4 Å². The summed E-state index contributed by atoms with van der Waals surface area (Å²) >= 11 is 0. The molecule has 1 atom stereocenters. The normalized spacial score (nSPS) is 12.5. The molecule has 2 aromatic carbocycles. The number of nitrogens with zero attached hydrogens (tertiary/aromatic N) is 1. The molecular weight excluding hydrogens is 501 g/mol. The fourth-order valence-corrected chi connectivity index (χ4v) is 4.28. The van der Waals surface area contributed by atoms with Crippen LogP contribution in [0.4, 0.5) is 0 Å². The van der Waals surface area contributed by atoms with Gasteiger partial charge in [-0.2, -0.15) is 4.76 Å². The molecule has 2 aromatic rings. The topological polar surface area (TPSA) is 156 Å². The van der Waals surface area contributed by atoms with Crippen LogP contribution in [0.1, 0.15) is 54.0 Å². The lowest BCUT2D eigenvalue weighted by atomic mass is 10.0. The molecule has 0 saturated carbocycles. The fourth-order valence-electron chi connectivity index (χ4n) is 3.06. The number of ether oxygens (including phenoxy) is 2. The van der Waals surface area contributed by atoms with Gasteiger partial charge in [-0.15, -0.1) is 0 Å². The van der Waals surface area contributed by atoms with E-state index in [1.807, 2.05) is 0 Å². The highest BCUT2D eigenvalue weighted by Gasteiger charge is 2.24. The number of nitrogens with two attached hydrogens (primary N) is 1. The Bertz CT molecular complexity index is 1140. The molecule has 1 unspecified atom stereocenters. The Morgan fingerprint density at radius 1 is 0.892 bits per heavy atom. The molecule has 0 aliphatic rings. The maximum Gasteiger partial charge on any atom is 0.455 e. The van der Waals surface area contributed by atoms with Crippen LogP contribution in [0, 0.1) is 0 Å². The van der Waals surface area contributed by atoms with Gasteiger partial charge in [-0.3, -0.25) is 18.6 Å². The molecule has 1 amide bonds. The summed E-state index contributed by atoms with van der Waals surface area (Å²) in [6.45, 7) is 6.90. The van der Waals surface area contributed by atoms with Crippen LogP contribution >= 0.6 is 7.75 Å². The molecule has 3 N–H and O–H groups in total. The minimum Gasteiger partial charge on any atom is -0.482 e. The van der Waals surface area contributed by atoms with E-state index < -0.39 is 25.7 Å². The molecule has 0 aliphatic carbocycles. The first kappa shape index (κ1) is 29.7. The molecule has 0 aromatic heterocycles. The summed E-state index contributed by atoms with van der Waals surface area (Å²) in [6, 6.07) is 11.5. The van der Waals surface area contributed by atoms with E-state index in [1.54, 1.807) is 52.0 Å². The number of amides is 1. The number of Topliss-reactive ketones (excluding diaryl/α,β-unsaturated/α-hetero) is 1. The predicted molar refractivity (Wildman–Crippen MR) is 138 cm³/mol. The average molecular weight is 534 g/mol. The van der Waals surface area contributed by atoms with E-state index in [0.29, 0.717) is 16.9 Å². The van der Waals surface area contributed by atoms with Gasteiger partial charge in [0.25, 0.3) is 5.91 Å². The van der Waals surface area contributed by atoms with E-state index in [-0.39, 0.29) is 43.6 Å². The highest BCUT2D eigenvalue weighted by molar-refractivity contribution is 7.52. The molecule has 0 heterocycles.